The molecule has 2 aromatic carbocycles. The van der Waals surface area contributed by atoms with Crippen LogP contribution in [0, 0.1) is 13.8 Å². The molecule has 1 aliphatic heterocycles. The zero-order chi connectivity index (χ0) is 24.4. The van der Waals surface area contributed by atoms with Crippen LogP contribution in [0.25, 0.3) is 5.69 Å². The molecule has 34 heavy (non-hydrogen) atoms. The van der Waals surface area contributed by atoms with Crippen LogP contribution in [0.3, 0.4) is 0 Å². The van der Waals surface area contributed by atoms with E-state index in [9.17, 15) is 14.4 Å². The van der Waals surface area contributed by atoms with Gasteiger partial charge in [-0.1, -0.05) is 30.8 Å². The first-order valence-corrected chi connectivity index (χ1v) is 12.8. The van der Waals surface area contributed by atoms with Crippen molar-refractivity contribution in [2.45, 2.75) is 49.4 Å². The average Bonchev–Trinajstić information content (AvgIpc) is 3.12. The van der Waals surface area contributed by atoms with Gasteiger partial charge in [0.05, 0.1) is 22.0 Å². The maximum absolute atomic E-state index is 13.5. The van der Waals surface area contributed by atoms with Crippen LogP contribution in [0.15, 0.2) is 57.3 Å². The van der Waals surface area contributed by atoms with E-state index in [4.69, 9.17) is 4.98 Å². The Kier molecular flexibility index (Phi) is 7.13. The highest BCUT2D eigenvalue weighted by Crippen LogP contribution is 2.35. The first kappa shape index (κ1) is 24.1. The van der Waals surface area contributed by atoms with E-state index >= 15 is 0 Å². The van der Waals surface area contributed by atoms with Crippen LogP contribution in [-0.2, 0) is 16.0 Å². The molecule has 7 nitrogen and oxygen atoms in total. The molecular weight excluding hydrogens is 468 g/mol. The molecule has 0 radical (unpaired) electrons. The molecule has 1 atom stereocenters. The van der Waals surface area contributed by atoms with Crippen molar-refractivity contribution in [3.05, 3.63) is 69.6 Å². The molecule has 0 fully saturated rings. The average molecular weight is 495 g/mol. The number of carbonyl (C=O) groups is 2. The number of anilines is 2. The largest absolute Gasteiger partial charge is 0.326 e. The number of rotatable bonds is 6. The van der Waals surface area contributed by atoms with E-state index in [2.05, 4.69) is 23.6 Å². The van der Waals surface area contributed by atoms with Crippen molar-refractivity contribution >= 4 is 46.7 Å². The molecule has 0 aliphatic carbocycles. The standard InChI is InChI=1S/C25H26N4O3S2/c1-14-8-15(2)10-20(9-14)29-24(32)23-21(11-16(3)34-23)28-25(29)33-13-22(31)27-19-7-5-6-18(12-19)26-17(4)30/h5-10,12,16H,11,13H2,1-4H3,(H,26,30)(H,27,31). The fraction of sp³-hybridized carbons (Fsp3) is 0.280. The lowest BCUT2D eigenvalue weighted by Crippen LogP contribution is -2.25. The summed E-state index contributed by atoms with van der Waals surface area (Å²) < 4.78 is 1.62. The van der Waals surface area contributed by atoms with Crippen molar-refractivity contribution in [2.75, 3.05) is 16.4 Å². The highest BCUT2D eigenvalue weighted by Gasteiger charge is 2.27. The van der Waals surface area contributed by atoms with Crippen LogP contribution in [0.1, 0.15) is 30.7 Å². The van der Waals surface area contributed by atoms with Crippen molar-refractivity contribution < 1.29 is 9.59 Å². The summed E-state index contributed by atoms with van der Waals surface area (Å²) in [5.41, 5.74) is 4.75. The van der Waals surface area contributed by atoms with Gasteiger partial charge in [-0.05, 0) is 55.3 Å². The summed E-state index contributed by atoms with van der Waals surface area (Å²) >= 11 is 2.80. The second-order valence-corrected chi connectivity index (χ2v) is 10.8. The van der Waals surface area contributed by atoms with E-state index in [1.165, 1.54) is 18.7 Å². The third kappa shape index (κ3) is 5.53. The number of aromatic nitrogens is 2. The lowest BCUT2D eigenvalue weighted by molar-refractivity contribution is -0.114. The van der Waals surface area contributed by atoms with Gasteiger partial charge in [0.2, 0.25) is 11.8 Å². The van der Waals surface area contributed by atoms with Crippen molar-refractivity contribution in [1.29, 1.82) is 0 Å². The van der Waals surface area contributed by atoms with Gasteiger partial charge in [-0.2, -0.15) is 0 Å². The van der Waals surface area contributed by atoms with Gasteiger partial charge in [-0.25, -0.2) is 4.98 Å². The van der Waals surface area contributed by atoms with Gasteiger partial charge in [0.15, 0.2) is 5.16 Å². The molecule has 1 aromatic heterocycles. The Morgan fingerprint density at radius 2 is 1.79 bits per heavy atom. The molecule has 9 heteroatoms. The molecule has 0 saturated carbocycles. The van der Waals surface area contributed by atoms with E-state index in [1.807, 2.05) is 26.0 Å². The summed E-state index contributed by atoms with van der Waals surface area (Å²) in [5, 5.41) is 6.35. The Balaban J connectivity index is 1.60. The number of fused-ring (bicyclic) bond motifs is 1. The quantitative estimate of drug-likeness (QED) is 0.385. The molecule has 2 N–H and O–H groups in total. The summed E-state index contributed by atoms with van der Waals surface area (Å²) in [6.45, 7) is 7.51. The number of hydrogen-bond acceptors (Lipinski definition) is 6. The van der Waals surface area contributed by atoms with Crippen LogP contribution >= 0.6 is 23.5 Å². The minimum Gasteiger partial charge on any atom is -0.326 e. The zero-order valence-electron chi connectivity index (χ0n) is 19.5. The maximum atomic E-state index is 13.5. The van der Waals surface area contributed by atoms with Crippen LogP contribution < -0.4 is 16.2 Å². The summed E-state index contributed by atoms with van der Waals surface area (Å²) in [4.78, 5) is 43.0. The summed E-state index contributed by atoms with van der Waals surface area (Å²) in [6.07, 6.45) is 0.735. The van der Waals surface area contributed by atoms with Gasteiger partial charge in [0.1, 0.15) is 0 Å². The molecule has 0 spiro atoms. The van der Waals surface area contributed by atoms with E-state index in [-0.39, 0.29) is 23.1 Å². The molecule has 0 saturated heterocycles. The lowest BCUT2D eigenvalue weighted by Gasteiger charge is -2.15. The summed E-state index contributed by atoms with van der Waals surface area (Å²) in [5.74, 6) is -0.323. The molecule has 0 bridgehead atoms. The maximum Gasteiger partial charge on any atom is 0.272 e. The lowest BCUT2D eigenvalue weighted by atomic mass is 10.1. The SMILES string of the molecule is CC(=O)Nc1cccc(NC(=O)CSc2nc3c(c(=O)n2-c2cc(C)cc(C)c2)SC(C)C3)c1. The minimum atomic E-state index is -0.227. The number of aryl methyl sites for hydroxylation is 2. The first-order chi connectivity index (χ1) is 16.2. The molecule has 4 rings (SSSR count). The highest BCUT2D eigenvalue weighted by atomic mass is 32.2. The third-order valence-electron chi connectivity index (χ3n) is 5.14. The van der Waals surface area contributed by atoms with Gasteiger partial charge in [-0.3, -0.25) is 19.0 Å². The van der Waals surface area contributed by atoms with Crippen LogP contribution in [-0.4, -0.2) is 32.4 Å². The molecule has 1 unspecified atom stereocenters. The van der Waals surface area contributed by atoms with E-state index in [1.54, 1.807) is 40.6 Å². The van der Waals surface area contributed by atoms with Crippen molar-refractivity contribution in [3.8, 4) is 5.69 Å². The van der Waals surface area contributed by atoms with Crippen LogP contribution in [0.2, 0.25) is 0 Å². The topological polar surface area (TPSA) is 93.1 Å². The van der Waals surface area contributed by atoms with E-state index < -0.39 is 0 Å². The monoisotopic (exact) mass is 494 g/mol. The van der Waals surface area contributed by atoms with Gasteiger partial charge in [0, 0.05) is 30.0 Å². The van der Waals surface area contributed by atoms with E-state index in [0.29, 0.717) is 26.7 Å². The predicted octanol–water partition coefficient (Wildman–Crippen LogP) is 4.58. The van der Waals surface area contributed by atoms with Gasteiger partial charge >= 0.3 is 0 Å². The molecule has 3 aromatic rings. The fourth-order valence-corrected chi connectivity index (χ4v) is 5.83. The Morgan fingerprint density at radius 3 is 2.47 bits per heavy atom. The number of hydrogen-bond donors (Lipinski definition) is 2. The molecule has 2 amide bonds. The second kappa shape index (κ2) is 10.1. The Hall–Kier alpha value is -3.04. The summed E-state index contributed by atoms with van der Waals surface area (Å²) in [7, 11) is 0. The number of nitrogens with one attached hydrogen (secondary N) is 2. The van der Waals surface area contributed by atoms with Crippen molar-refractivity contribution in [2.24, 2.45) is 0 Å². The van der Waals surface area contributed by atoms with Crippen molar-refractivity contribution in [3.63, 3.8) is 0 Å². The Bertz CT molecular complexity index is 1320. The molecule has 176 valence electrons. The predicted molar refractivity (Wildman–Crippen MR) is 138 cm³/mol. The Labute approximate surface area is 206 Å². The summed E-state index contributed by atoms with van der Waals surface area (Å²) in [6, 6.07) is 12.9. The van der Waals surface area contributed by atoms with Crippen LogP contribution in [0.5, 0.6) is 0 Å². The number of carbonyl (C=O) groups excluding carboxylic acids is 2. The number of thioether (sulfide) groups is 2. The zero-order valence-corrected chi connectivity index (χ0v) is 21.1. The number of benzene rings is 2. The van der Waals surface area contributed by atoms with Crippen molar-refractivity contribution in [1.82, 2.24) is 9.55 Å². The van der Waals surface area contributed by atoms with Gasteiger partial charge in [0.25, 0.3) is 5.56 Å². The number of nitrogens with zero attached hydrogens (tertiary/aromatic N) is 2. The van der Waals surface area contributed by atoms with Crippen LogP contribution in [0.4, 0.5) is 11.4 Å². The Morgan fingerprint density at radius 1 is 1.12 bits per heavy atom. The molecular formula is C25H26N4O3S2. The van der Waals surface area contributed by atoms with Gasteiger partial charge in [-0.15, -0.1) is 11.8 Å². The highest BCUT2D eigenvalue weighted by molar-refractivity contribution is 8.00. The van der Waals surface area contributed by atoms with Gasteiger partial charge < -0.3 is 10.6 Å². The number of amides is 2. The van der Waals surface area contributed by atoms with E-state index in [0.717, 1.165) is 28.9 Å². The first-order valence-electron chi connectivity index (χ1n) is 10.9. The molecule has 1 aliphatic rings. The second-order valence-electron chi connectivity index (χ2n) is 8.39. The normalized spacial score (nSPS) is 14.5. The molecule has 2 heterocycles. The smallest absolute Gasteiger partial charge is 0.272 e. The minimum absolute atomic E-state index is 0.0864. The fourth-order valence-electron chi connectivity index (χ4n) is 3.91. The third-order valence-corrected chi connectivity index (χ3v) is 7.30.